The number of benzene rings is 2. The van der Waals surface area contributed by atoms with Crippen LogP contribution in [0.1, 0.15) is 5.56 Å². The first kappa shape index (κ1) is 13.5. The first-order valence-electron chi connectivity index (χ1n) is 6.07. The summed E-state index contributed by atoms with van der Waals surface area (Å²) in [4.78, 5) is 14.8. The molecule has 0 spiro atoms. The number of rotatable bonds is 4. The SMILES string of the molecule is O=[N+]([O-])c1c(Oc2ccc(CO)cc2)ccc2scnc12. The molecule has 0 radical (unpaired) electrons. The summed E-state index contributed by atoms with van der Waals surface area (Å²) in [6.45, 7) is -0.0643. The number of nitro benzene ring substituents is 1. The quantitative estimate of drug-likeness (QED) is 0.589. The van der Waals surface area contributed by atoms with Crippen LogP contribution in [-0.2, 0) is 6.61 Å². The first-order chi connectivity index (χ1) is 10.2. The molecule has 3 rings (SSSR count). The highest BCUT2D eigenvalue weighted by atomic mass is 32.1. The summed E-state index contributed by atoms with van der Waals surface area (Å²) in [6.07, 6.45) is 0. The van der Waals surface area contributed by atoms with E-state index < -0.39 is 4.92 Å². The van der Waals surface area contributed by atoms with Gasteiger partial charge in [0.05, 0.1) is 21.7 Å². The Labute approximate surface area is 123 Å². The van der Waals surface area contributed by atoms with Gasteiger partial charge in [0.2, 0.25) is 5.75 Å². The highest BCUT2D eigenvalue weighted by molar-refractivity contribution is 7.16. The second-order valence-electron chi connectivity index (χ2n) is 4.27. The second-order valence-corrected chi connectivity index (χ2v) is 5.16. The van der Waals surface area contributed by atoms with Crippen molar-refractivity contribution in [1.29, 1.82) is 0 Å². The van der Waals surface area contributed by atoms with Crippen LogP contribution < -0.4 is 4.74 Å². The number of ether oxygens (including phenoxy) is 1. The zero-order valence-corrected chi connectivity index (χ0v) is 11.5. The lowest BCUT2D eigenvalue weighted by atomic mass is 10.2. The van der Waals surface area contributed by atoms with Crippen LogP contribution in [0.4, 0.5) is 5.69 Å². The van der Waals surface area contributed by atoms with Gasteiger partial charge < -0.3 is 9.84 Å². The lowest BCUT2D eigenvalue weighted by Crippen LogP contribution is -1.95. The molecule has 0 amide bonds. The summed E-state index contributed by atoms with van der Waals surface area (Å²) in [5, 5.41) is 20.3. The van der Waals surface area contributed by atoms with Crippen molar-refractivity contribution >= 4 is 27.2 Å². The first-order valence-corrected chi connectivity index (χ1v) is 6.95. The highest BCUT2D eigenvalue weighted by Crippen LogP contribution is 2.38. The Kier molecular flexibility index (Phi) is 3.51. The molecule has 0 aliphatic heterocycles. The average Bonchev–Trinajstić information content (AvgIpc) is 2.95. The Balaban J connectivity index is 2.02. The van der Waals surface area contributed by atoms with Crippen molar-refractivity contribution in [2.75, 3.05) is 0 Å². The Morgan fingerprint density at radius 3 is 2.67 bits per heavy atom. The molecule has 21 heavy (non-hydrogen) atoms. The Bertz CT molecular complexity index is 798. The van der Waals surface area contributed by atoms with Gasteiger partial charge in [0.25, 0.3) is 0 Å². The molecule has 0 bridgehead atoms. The maximum absolute atomic E-state index is 11.3. The van der Waals surface area contributed by atoms with Gasteiger partial charge in [-0.15, -0.1) is 11.3 Å². The van der Waals surface area contributed by atoms with Crippen LogP contribution in [0.15, 0.2) is 41.9 Å². The van der Waals surface area contributed by atoms with Crippen LogP contribution in [-0.4, -0.2) is 15.0 Å². The smallest absolute Gasteiger partial charge is 0.338 e. The predicted molar refractivity (Wildman–Crippen MR) is 78.7 cm³/mol. The van der Waals surface area contributed by atoms with E-state index in [0.29, 0.717) is 11.3 Å². The zero-order chi connectivity index (χ0) is 14.8. The van der Waals surface area contributed by atoms with Crippen molar-refractivity contribution in [2.24, 2.45) is 0 Å². The van der Waals surface area contributed by atoms with Crippen LogP contribution >= 0.6 is 11.3 Å². The molecule has 106 valence electrons. The van der Waals surface area contributed by atoms with E-state index in [4.69, 9.17) is 9.84 Å². The minimum Gasteiger partial charge on any atom is -0.450 e. The summed E-state index contributed by atoms with van der Waals surface area (Å²) >= 11 is 1.34. The Morgan fingerprint density at radius 1 is 1.24 bits per heavy atom. The van der Waals surface area contributed by atoms with Gasteiger partial charge in [0, 0.05) is 0 Å². The van der Waals surface area contributed by atoms with Gasteiger partial charge in [-0.25, -0.2) is 4.98 Å². The van der Waals surface area contributed by atoms with E-state index in [1.807, 2.05) is 0 Å². The molecule has 0 aliphatic rings. The maximum atomic E-state index is 11.3. The number of aromatic nitrogens is 1. The molecule has 0 fully saturated rings. The van der Waals surface area contributed by atoms with Gasteiger partial charge in [-0.2, -0.15) is 0 Å². The molecule has 0 unspecified atom stereocenters. The van der Waals surface area contributed by atoms with Crippen LogP contribution in [0, 0.1) is 10.1 Å². The minimum absolute atomic E-state index is 0.0643. The number of nitrogens with zero attached hydrogens (tertiary/aromatic N) is 2. The maximum Gasteiger partial charge on any atom is 0.338 e. The Hall–Kier alpha value is -2.51. The summed E-state index contributed by atoms with van der Waals surface area (Å²) < 4.78 is 6.33. The number of hydrogen-bond donors (Lipinski definition) is 1. The summed E-state index contributed by atoms with van der Waals surface area (Å²) in [6, 6.07) is 10.0. The molecule has 2 aromatic carbocycles. The molecule has 0 saturated carbocycles. The van der Waals surface area contributed by atoms with Gasteiger partial charge in [0.1, 0.15) is 5.75 Å². The van der Waals surface area contributed by atoms with Gasteiger partial charge in [-0.3, -0.25) is 10.1 Å². The molecule has 0 aliphatic carbocycles. The standard InChI is InChI=1S/C14H10N2O4S/c17-7-9-1-3-10(4-2-9)20-11-5-6-12-13(15-8-21-12)14(11)16(18)19/h1-6,8,17H,7H2. The van der Waals surface area contributed by atoms with Crippen LogP contribution in [0.3, 0.4) is 0 Å². The monoisotopic (exact) mass is 302 g/mol. The minimum atomic E-state index is -0.487. The van der Waals surface area contributed by atoms with Crippen LogP contribution in [0.25, 0.3) is 10.2 Å². The second kappa shape index (κ2) is 5.47. The molecule has 1 N–H and O–H groups in total. The van der Waals surface area contributed by atoms with E-state index in [2.05, 4.69) is 4.98 Å². The van der Waals surface area contributed by atoms with Gasteiger partial charge in [-0.1, -0.05) is 12.1 Å². The van der Waals surface area contributed by atoms with E-state index in [9.17, 15) is 10.1 Å². The molecule has 3 aromatic rings. The van der Waals surface area contributed by atoms with Crippen molar-refractivity contribution < 1.29 is 14.8 Å². The van der Waals surface area contributed by atoms with Crippen molar-refractivity contribution in [1.82, 2.24) is 4.98 Å². The Morgan fingerprint density at radius 2 is 2.00 bits per heavy atom. The molecule has 6 nitrogen and oxygen atoms in total. The third-order valence-corrected chi connectivity index (χ3v) is 3.75. The zero-order valence-electron chi connectivity index (χ0n) is 10.7. The van der Waals surface area contributed by atoms with Crippen molar-refractivity contribution in [3.8, 4) is 11.5 Å². The lowest BCUT2D eigenvalue weighted by molar-refractivity contribution is -0.384. The molecule has 1 aromatic heterocycles. The number of thiazole rings is 1. The van der Waals surface area contributed by atoms with E-state index in [1.165, 1.54) is 11.3 Å². The third kappa shape index (κ3) is 2.56. The largest absolute Gasteiger partial charge is 0.450 e. The number of nitro groups is 1. The van der Waals surface area contributed by atoms with Crippen molar-refractivity contribution in [3.63, 3.8) is 0 Å². The topological polar surface area (TPSA) is 85.5 Å². The van der Waals surface area contributed by atoms with E-state index in [0.717, 1.165) is 10.3 Å². The molecular weight excluding hydrogens is 292 g/mol. The van der Waals surface area contributed by atoms with Crippen molar-refractivity contribution in [2.45, 2.75) is 6.61 Å². The van der Waals surface area contributed by atoms with Crippen LogP contribution in [0.5, 0.6) is 11.5 Å². The molecule has 1 heterocycles. The van der Waals surface area contributed by atoms with E-state index in [1.54, 1.807) is 41.9 Å². The lowest BCUT2D eigenvalue weighted by Gasteiger charge is -2.07. The number of aliphatic hydroxyl groups excluding tert-OH is 1. The summed E-state index contributed by atoms with van der Waals surface area (Å²) in [5.41, 5.74) is 2.50. The molecular formula is C14H10N2O4S. The molecule has 7 heteroatoms. The fraction of sp³-hybridized carbons (Fsp3) is 0.0714. The molecule has 0 atom stereocenters. The summed E-state index contributed by atoms with van der Waals surface area (Å²) in [7, 11) is 0. The fourth-order valence-corrected chi connectivity index (χ4v) is 2.63. The van der Waals surface area contributed by atoms with E-state index >= 15 is 0 Å². The predicted octanol–water partition coefficient (Wildman–Crippen LogP) is 3.49. The normalized spacial score (nSPS) is 10.7. The average molecular weight is 302 g/mol. The molecule has 0 saturated heterocycles. The number of hydrogen-bond acceptors (Lipinski definition) is 6. The van der Waals surface area contributed by atoms with Gasteiger partial charge in [0.15, 0.2) is 5.52 Å². The third-order valence-electron chi connectivity index (χ3n) is 2.95. The number of fused-ring (bicyclic) bond motifs is 1. The van der Waals surface area contributed by atoms with Gasteiger partial charge in [-0.05, 0) is 29.8 Å². The highest BCUT2D eigenvalue weighted by Gasteiger charge is 2.22. The van der Waals surface area contributed by atoms with Crippen molar-refractivity contribution in [3.05, 3.63) is 57.6 Å². The number of aliphatic hydroxyl groups is 1. The van der Waals surface area contributed by atoms with Gasteiger partial charge >= 0.3 is 5.69 Å². The van der Waals surface area contributed by atoms with Crippen LogP contribution in [0.2, 0.25) is 0 Å². The fourth-order valence-electron chi connectivity index (χ4n) is 1.95. The summed E-state index contributed by atoms with van der Waals surface area (Å²) in [5.74, 6) is 0.611. The van der Waals surface area contributed by atoms with E-state index in [-0.39, 0.29) is 18.0 Å².